The second-order valence-electron chi connectivity index (χ2n) is 5.13. The molecular formula is C18H14ClN3O3S. The molecule has 2 rings (SSSR count). The largest absolute Gasteiger partial charge is 0.321 e. The number of primary sulfonamides is 1. The maximum Gasteiger partial charge on any atom is 0.266 e. The van der Waals surface area contributed by atoms with Gasteiger partial charge in [0.1, 0.15) is 11.6 Å². The molecule has 0 unspecified atom stereocenters. The Labute approximate surface area is 156 Å². The number of rotatable bonds is 5. The van der Waals surface area contributed by atoms with Gasteiger partial charge in [-0.1, -0.05) is 41.9 Å². The van der Waals surface area contributed by atoms with Crippen molar-refractivity contribution >= 4 is 39.3 Å². The number of nitrogens with one attached hydrogen (secondary N) is 1. The molecule has 0 saturated carbocycles. The predicted octanol–water partition coefficient (Wildman–Crippen LogP) is 3.00. The van der Waals surface area contributed by atoms with Gasteiger partial charge in [0, 0.05) is 10.7 Å². The quantitative estimate of drug-likeness (QED) is 0.466. The zero-order valence-electron chi connectivity index (χ0n) is 13.4. The molecule has 1 amide bonds. The molecule has 0 aromatic heterocycles. The van der Waals surface area contributed by atoms with E-state index in [9.17, 15) is 18.5 Å². The summed E-state index contributed by atoms with van der Waals surface area (Å²) in [6, 6.07) is 16.2. The highest BCUT2D eigenvalue weighted by atomic mass is 35.5. The highest BCUT2D eigenvalue weighted by Crippen LogP contribution is 2.16. The van der Waals surface area contributed by atoms with Crippen LogP contribution in [-0.4, -0.2) is 14.3 Å². The van der Waals surface area contributed by atoms with Gasteiger partial charge in [0.2, 0.25) is 10.0 Å². The van der Waals surface area contributed by atoms with Crippen LogP contribution in [0.4, 0.5) is 5.69 Å². The third-order valence-electron chi connectivity index (χ3n) is 3.19. The van der Waals surface area contributed by atoms with E-state index >= 15 is 0 Å². The molecule has 2 aromatic carbocycles. The van der Waals surface area contributed by atoms with Gasteiger partial charge in [-0.3, -0.25) is 4.79 Å². The van der Waals surface area contributed by atoms with Crippen molar-refractivity contribution in [3.63, 3.8) is 0 Å². The second kappa shape index (κ2) is 8.45. The number of benzene rings is 2. The molecule has 0 aliphatic carbocycles. The highest BCUT2D eigenvalue weighted by Gasteiger charge is 2.11. The first kappa shape index (κ1) is 19.4. The number of amides is 1. The SMILES string of the molecule is N#C/C(=C\C(Cl)=C\c1ccccc1)C(=O)Nc1ccc(S(N)(=O)=O)cc1. The van der Waals surface area contributed by atoms with Gasteiger partial charge in [0.05, 0.1) is 4.90 Å². The van der Waals surface area contributed by atoms with Crippen LogP contribution in [0.3, 0.4) is 0 Å². The Morgan fingerprint density at radius 3 is 2.27 bits per heavy atom. The Kier molecular flexibility index (Phi) is 6.31. The summed E-state index contributed by atoms with van der Waals surface area (Å²) in [7, 11) is -3.82. The van der Waals surface area contributed by atoms with Crippen LogP contribution >= 0.6 is 11.6 Å². The molecule has 0 bridgehead atoms. The standard InChI is InChI=1S/C18H14ClN3O3S/c19-15(10-13-4-2-1-3-5-13)11-14(12-20)18(23)22-16-6-8-17(9-7-16)26(21,24)25/h1-11H,(H,22,23)(H2,21,24,25)/b14-11+,15-10-. The lowest BCUT2D eigenvalue weighted by molar-refractivity contribution is -0.112. The van der Waals surface area contributed by atoms with Gasteiger partial charge < -0.3 is 5.32 Å². The number of carbonyl (C=O) groups excluding carboxylic acids is 1. The summed E-state index contributed by atoms with van der Waals surface area (Å²) in [5, 5.41) is 16.9. The lowest BCUT2D eigenvalue weighted by Crippen LogP contribution is -2.14. The average Bonchev–Trinajstić information content (AvgIpc) is 2.60. The first-order valence-electron chi connectivity index (χ1n) is 7.28. The Balaban J connectivity index is 2.16. The molecule has 0 aliphatic heterocycles. The molecule has 0 aliphatic rings. The van der Waals surface area contributed by atoms with E-state index < -0.39 is 15.9 Å². The molecule has 26 heavy (non-hydrogen) atoms. The fourth-order valence-electron chi connectivity index (χ4n) is 1.96. The maximum atomic E-state index is 12.2. The van der Waals surface area contributed by atoms with Crippen LogP contribution in [0.15, 0.2) is 76.2 Å². The van der Waals surface area contributed by atoms with Crippen molar-refractivity contribution in [3.8, 4) is 6.07 Å². The number of nitriles is 1. The Bertz CT molecular complexity index is 1010. The van der Waals surface area contributed by atoms with Gasteiger partial charge in [0.15, 0.2) is 0 Å². The van der Waals surface area contributed by atoms with E-state index in [-0.39, 0.29) is 15.5 Å². The molecule has 0 fully saturated rings. The van der Waals surface area contributed by atoms with Crippen LogP contribution in [0, 0.1) is 11.3 Å². The van der Waals surface area contributed by atoms with E-state index in [0.29, 0.717) is 5.69 Å². The highest BCUT2D eigenvalue weighted by molar-refractivity contribution is 7.89. The minimum atomic E-state index is -3.82. The number of allylic oxidation sites excluding steroid dienone is 2. The van der Waals surface area contributed by atoms with Crippen molar-refractivity contribution in [2.45, 2.75) is 4.90 Å². The van der Waals surface area contributed by atoms with Crippen LogP contribution in [0.25, 0.3) is 6.08 Å². The molecule has 0 spiro atoms. The van der Waals surface area contributed by atoms with Crippen molar-refractivity contribution in [2.24, 2.45) is 5.14 Å². The summed E-state index contributed by atoms with van der Waals surface area (Å²) < 4.78 is 22.4. The van der Waals surface area contributed by atoms with E-state index in [1.54, 1.807) is 12.1 Å². The number of nitrogens with two attached hydrogens (primary N) is 1. The number of nitrogens with zero attached hydrogens (tertiary/aromatic N) is 1. The Morgan fingerprint density at radius 2 is 1.73 bits per heavy atom. The number of hydrogen-bond acceptors (Lipinski definition) is 4. The van der Waals surface area contributed by atoms with Gasteiger partial charge in [-0.05, 0) is 42.0 Å². The second-order valence-corrected chi connectivity index (χ2v) is 7.13. The summed E-state index contributed by atoms with van der Waals surface area (Å²) in [4.78, 5) is 12.1. The normalized spacial score (nSPS) is 12.3. The summed E-state index contributed by atoms with van der Waals surface area (Å²) in [6.07, 6.45) is 2.87. The van der Waals surface area contributed by atoms with Crippen molar-refractivity contribution in [1.82, 2.24) is 0 Å². The lowest BCUT2D eigenvalue weighted by atomic mass is 10.2. The van der Waals surface area contributed by atoms with Crippen LogP contribution in [-0.2, 0) is 14.8 Å². The van der Waals surface area contributed by atoms with E-state index in [1.807, 2.05) is 30.3 Å². The predicted molar refractivity (Wildman–Crippen MR) is 100 cm³/mol. The maximum absolute atomic E-state index is 12.2. The van der Waals surface area contributed by atoms with E-state index in [4.69, 9.17) is 16.7 Å². The molecule has 8 heteroatoms. The third-order valence-corrected chi connectivity index (χ3v) is 4.34. The van der Waals surface area contributed by atoms with Gasteiger partial charge in [-0.25, -0.2) is 13.6 Å². The molecule has 0 saturated heterocycles. The molecular weight excluding hydrogens is 374 g/mol. The number of anilines is 1. The first-order chi connectivity index (χ1) is 12.3. The smallest absolute Gasteiger partial charge is 0.266 e. The van der Waals surface area contributed by atoms with Crippen LogP contribution in [0.2, 0.25) is 0 Å². The van der Waals surface area contributed by atoms with Crippen molar-refractivity contribution in [1.29, 1.82) is 5.26 Å². The molecule has 3 N–H and O–H groups in total. The zero-order valence-corrected chi connectivity index (χ0v) is 15.0. The van der Waals surface area contributed by atoms with Crippen molar-refractivity contribution < 1.29 is 13.2 Å². The molecule has 0 atom stereocenters. The van der Waals surface area contributed by atoms with Crippen LogP contribution in [0.5, 0.6) is 0 Å². The fraction of sp³-hybridized carbons (Fsp3) is 0. The Morgan fingerprint density at radius 1 is 1.12 bits per heavy atom. The lowest BCUT2D eigenvalue weighted by Gasteiger charge is -2.05. The minimum Gasteiger partial charge on any atom is -0.321 e. The van der Waals surface area contributed by atoms with Crippen molar-refractivity contribution in [3.05, 3.63) is 76.8 Å². The topological polar surface area (TPSA) is 113 Å². The first-order valence-corrected chi connectivity index (χ1v) is 9.20. The Hall–Kier alpha value is -2.92. The van der Waals surface area contributed by atoms with Gasteiger partial charge in [-0.15, -0.1) is 0 Å². The molecule has 6 nitrogen and oxygen atoms in total. The van der Waals surface area contributed by atoms with Crippen molar-refractivity contribution in [2.75, 3.05) is 5.32 Å². The minimum absolute atomic E-state index is 0.0830. The summed E-state index contributed by atoms with van der Waals surface area (Å²) >= 11 is 6.08. The third kappa shape index (κ3) is 5.57. The number of carbonyl (C=O) groups is 1. The molecule has 2 aromatic rings. The molecule has 0 radical (unpaired) electrons. The fourth-order valence-corrected chi connectivity index (χ4v) is 2.71. The average molecular weight is 388 g/mol. The van der Waals surface area contributed by atoms with E-state index in [0.717, 1.165) is 5.56 Å². The number of sulfonamides is 1. The summed E-state index contributed by atoms with van der Waals surface area (Å²) in [5.41, 5.74) is 0.939. The van der Waals surface area contributed by atoms with Crippen LogP contribution < -0.4 is 10.5 Å². The van der Waals surface area contributed by atoms with E-state index in [2.05, 4.69) is 5.32 Å². The molecule has 132 valence electrons. The monoisotopic (exact) mass is 387 g/mol. The molecule has 0 heterocycles. The summed E-state index contributed by atoms with van der Waals surface area (Å²) in [5.74, 6) is -0.671. The number of halogens is 1. The van der Waals surface area contributed by atoms with E-state index in [1.165, 1.54) is 30.3 Å². The summed E-state index contributed by atoms with van der Waals surface area (Å²) in [6.45, 7) is 0. The number of hydrogen-bond donors (Lipinski definition) is 2. The van der Waals surface area contributed by atoms with Crippen LogP contribution in [0.1, 0.15) is 5.56 Å². The van der Waals surface area contributed by atoms with Gasteiger partial charge >= 0.3 is 0 Å². The van der Waals surface area contributed by atoms with Gasteiger partial charge in [-0.2, -0.15) is 5.26 Å². The van der Waals surface area contributed by atoms with Gasteiger partial charge in [0.25, 0.3) is 5.91 Å². The zero-order chi connectivity index (χ0) is 19.2.